The summed E-state index contributed by atoms with van der Waals surface area (Å²) in [5.41, 5.74) is 8.97. The summed E-state index contributed by atoms with van der Waals surface area (Å²) in [5.74, 6) is 0. The standard InChI is InChI=1S/C37H25N/c1-3-11-26(12-4-1)28-19-21-29(22-20-28)36-24-31(27-13-5-2-6-14-27)25-37(38-36)35-23-30-15-7-8-16-32(30)33-17-9-10-18-34(33)35/h1-25H. The Labute approximate surface area is 222 Å². The molecule has 7 rings (SSSR count). The number of nitrogens with zero attached hydrogens (tertiary/aromatic N) is 1. The first-order valence-corrected chi connectivity index (χ1v) is 13.0. The number of pyridine rings is 1. The van der Waals surface area contributed by atoms with Crippen molar-refractivity contribution in [3.05, 3.63) is 152 Å². The van der Waals surface area contributed by atoms with Gasteiger partial charge in [0.2, 0.25) is 0 Å². The first-order valence-electron chi connectivity index (χ1n) is 13.0. The van der Waals surface area contributed by atoms with Gasteiger partial charge in [0.05, 0.1) is 11.4 Å². The zero-order valence-corrected chi connectivity index (χ0v) is 20.9. The van der Waals surface area contributed by atoms with Gasteiger partial charge in [-0.3, -0.25) is 0 Å². The van der Waals surface area contributed by atoms with Crippen LogP contribution in [0, 0.1) is 0 Å². The fourth-order valence-corrected chi connectivity index (χ4v) is 5.34. The van der Waals surface area contributed by atoms with Crippen molar-refractivity contribution in [2.45, 2.75) is 0 Å². The molecule has 1 heterocycles. The van der Waals surface area contributed by atoms with Crippen molar-refractivity contribution in [3.63, 3.8) is 0 Å². The Kier molecular flexibility index (Phi) is 5.53. The molecular weight excluding hydrogens is 458 g/mol. The van der Waals surface area contributed by atoms with Gasteiger partial charge in [0.1, 0.15) is 0 Å². The van der Waals surface area contributed by atoms with E-state index in [9.17, 15) is 0 Å². The highest BCUT2D eigenvalue weighted by Gasteiger charge is 2.13. The molecule has 0 aliphatic rings. The maximum atomic E-state index is 5.26. The molecule has 38 heavy (non-hydrogen) atoms. The summed E-state index contributed by atoms with van der Waals surface area (Å²) in [6, 6.07) is 53.8. The molecule has 0 radical (unpaired) electrons. The summed E-state index contributed by atoms with van der Waals surface area (Å²) in [7, 11) is 0. The first-order chi connectivity index (χ1) is 18.8. The molecule has 0 aliphatic heterocycles. The molecule has 0 fully saturated rings. The smallest absolute Gasteiger partial charge is 0.0722 e. The van der Waals surface area contributed by atoms with E-state index < -0.39 is 0 Å². The quantitative estimate of drug-likeness (QED) is 0.227. The van der Waals surface area contributed by atoms with Gasteiger partial charge >= 0.3 is 0 Å². The van der Waals surface area contributed by atoms with Gasteiger partial charge in [-0.05, 0) is 62.0 Å². The van der Waals surface area contributed by atoms with Crippen LogP contribution < -0.4 is 0 Å². The van der Waals surface area contributed by atoms with E-state index in [0.29, 0.717) is 0 Å². The summed E-state index contributed by atoms with van der Waals surface area (Å²) in [5, 5.41) is 4.96. The van der Waals surface area contributed by atoms with Crippen molar-refractivity contribution in [3.8, 4) is 44.8 Å². The van der Waals surface area contributed by atoms with Crippen LogP contribution in [0.5, 0.6) is 0 Å². The summed E-state index contributed by atoms with van der Waals surface area (Å²) in [6.07, 6.45) is 0. The Morgan fingerprint density at radius 3 is 1.53 bits per heavy atom. The third kappa shape index (κ3) is 4.05. The number of aromatic nitrogens is 1. The molecule has 7 aromatic rings. The van der Waals surface area contributed by atoms with Crippen molar-refractivity contribution in [2.75, 3.05) is 0 Å². The Balaban J connectivity index is 1.44. The van der Waals surface area contributed by atoms with Gasteiger partial charge in [0.15, 0.2) is 0 Å². The van der Waals surface area contributed by atoms with Gasteiger partial charge in [-0.25, -0.2) is 4.98 Å². The normalized spacial score (nSPS) is 11.2. The molecule has 0 N–H and O–H groups in total. The first kappa shape index (κ1) is 22.2. The lowest BCUT2D eigenvalue weighted by Crippen LogP contribution is -1.93. The van der Waals surface area contributed by atoms with Gasteiger partial charge < -0.3 is 0 Å². The second kappa shape index (κ2) is 9.46. The van der Waals surface area contributed by atoms with Gasteiger partial charge in [-0.2, -0.15) is 0 Å². The van der Waals surface area contributed by atoms with Crippen molar-refractivity contribution < 1.29 is 0 Å². The van der Waals surface area contributed by atoms with E-state index in [-0.39, 0.29) is 0 Å². The lowest BCUT2D eigenvalue weighted by Gasteiger charge is -2.14. The molecule has 1 nitrogen and oxygen atoms in total. The second-order valence-corrected chi connectivity index (χ2v) is 9.63. The minimum atomic E-state index is 0.971. The number of hydrogen-bond acceptors (Lipinski definition) is 1. The number of rotatable bonds is 4. The van der Waals surface area contributed by atoms with Crippen LogP contribution in [-0.2, 0) is 0 Å². The summed E-state index contributed by atoms with van der Waals surface area (Å²) >= 11 is 0. The van der Waals surface area contributed by atoms with Crippen molar-refractivity contribution in [2.24, 2.45) is 0 Å². The van der Waals surface area contributed by atoms with Gasteiger partial charge in [0.25, 0.3) is 0 Å². The Morgan fingerprint density at radius 1 is 0.316 bits per heavy atom. The number of fused-ring (bicyclic) bond motifs is 3. The van der Waals surface area contributed by atoms with E-state index in [4.69, 9.17) is 4.98 Å². The van der Waals surface area contributed by atoms with Crippen molar-refractivity contribution >= 4 is 21.5 Å². The maximum Gasteiger partial charge on any atom is 0.0722 e. The van der Waals surface area contributed by atoms with E-state index in [1.54, 1.807) is 0 Å². The van der Waals surface area contributed by atoms with Crippen LogP contribution in [0.3, 0.4) is 0 Å². The van der Waals surface area contributed by atoms with E-state index in [2.05, 4.69) is 152 Å². The minimum absolute atomic E-state index is 0.971. The highest BCUT2D eigenvalue weighted by molar-refractivity contribution is 6.13. The zero-order valence-electron chi connectivity index (χ0n) is 20.9. The third-order valence-corrected chi connectivity index (χ3v) is 7.26. The van der Waals surface area contributed by atoms with E-state index in [1.165, 1.54) is 38.2 Å². The average Bonchev–Trinajstić information content (AvgIpc) is 3.01. The predicted octanol–water partition coefficient (Wildman–Crippen LogP) is 10.1. The number of benzene rings is 6. The molecule has 0 amide bonds. The lowest BCUT2D eigenvalue weighted by molar-refractivity contribution is 1.33. The molecular formula is C37H25N. The summed E-state index contributed by atoms with van der Waals surface area (Å²) in [4.78, 5) is 5.26. The Bertz CT molecular complexity index is 1890. The highest BCUT2D eigenvalue weighted by Crippen LogP contribution is 2.37. The molecule has 178 valence electrons. The van der Waals surface area contributed by atoms with E-state index in [1.807, 2.05) is 0 Å². The summed E-state index contributed by atoms with van der Waals surface area (Å²) < 4.78 is 0. The largest absolute Gasteiger partial charge is 0.248 e. The Hall–Kier alpha value is -5.01. The molecule has 0 atom stereocenters. The SMILES string of the molecule is c1ccc(-c2ccc(-c3cc(-c4ccccc4)cc(-c4cc5ccccc5c5ccccc45)n3)cc2)cc1. The molecule has 0 aliphatic carbocycles. The van der Waals surface area contributed by atoms with E-state index in [0.717, 1.165) is 28.1 Å². The third-order valence-electron chi connectivity index (χ3n) is 7.26. The highest BCUT2D eigenvalue weighted by atomic mass is 14.7. The lowest BCUT2D eigenvalue weighted by atomic mass is 9.93. The zero-order chi connectivity index (χ0) is 25.3. The monoisotopic (exact) mass is 483 g/mol. The molecule has 6 aromatic carbocycles. The van der Waals surface area contributed by atoms with Crippen LogP contribution >= 0.6 is 0 Å². The molecule has 0 saturated carbocycles. The van der Waals surface area contributed by atoms with Gasteiger partial charge in [-0.15, -0.1) is 0 Å². The van der Waals surface area contributed by atoms with Gasteiger partial charge in [0, 0.05) is 11.1 Å². The second-order valence-electron chi connectivity index (χ2n) is 9.63. The molecule has 0 bridgehead atoms. The fraction of sp³-hybridized carbons (Fsp3) is 0. The van der Waals surface area contributed by atoms with Crippen molar-refractivity contribution in [1.29, 1.82) is 0 Å². The molecule has 1 heteroatoms. The predicted molar refractivity (Wildman–Crippen MR) is 161 cm³/mol. The topological polar surface area (TPSA) is 12.9 Å². The van der Waals surface area contributed by atoms with Crippen LogP contribution in [0.2, 0.25) is 0 Å². The molecule has 0 spiro atoms. The van der Waals surface area contributed by atoms with Crippen molar-refractivity contribution in [1.82, 2.24) is 4.98 Å². The fourth-order valence-electron chi connectivity index (χ4n) is 5.34. The minimum Gasteiger partial charge on any atom is -0.248 e. The van der Waals surface area contributed by atoms with E-state index >= 15 is 0 Å². The van der Waals surface area contributed by atoms with Gasteiger partial charge in [-0.1, -0.05) is 133 Å². The van der Waals surface area contributed by atoms with Crippen LogP contribution in [0.4, 0.5) is 0 Å². The average molecular weight is 484 g/mol. The van der Waals surface area contributed by atoms with Crippen LogP contribution in [0.1, 0.15) is 0 Å². The maximum absolute atomic E-state index is 5.26. The van der Waals surface area contributed by atoms with Crippen LogP contribution in [0.15, 0.2) is 152 Å². The Morgan fingerprint density at radius 2 is 0.816 bits per heavy atom. The molecule has 0 saturated heterocycles. The molecule has 0 unspecified atom stereocenters. The summed E-state index contributed by atoms with van der Waals surface area (Å²) in [6.45, 7) is 0. The molecule has 1 aromatic heterocycles. The number of hydrogen-bond donors (Lipinski definition) is 0. The van der Waals surface area contributed by atoms with Crippen LogP contribution in [-0.4, -0.2) is 4.98 Å². The van der Waals surface area contributed by atoms with Crippen LogP contribution in [0.25, 0.3) is 66.3 Å².